The van der Waals surface area contributed by atoms with E-state index in [1.807, 2.05) is 30.3 Å². The second-order valence-electron chi connectivity index (χ2n) is 4.35. The molecule has 0 amide bonds. The summed E-state index contributed by atoms with van der Waals surface area (Å²) in [6, 6.07) is 7.56. The Kier molecular flexibility index (Phi) is 3.97. The summed E-state index contributed by atoms with van der Waals surface area (Å²) in [6.07, 6.45) is 7.96. The molecule has 1 heterocycles. The highest BCUT2D eigenvalue weighted by Crippen LogP contribution is 2.29. The van der Waals surface area contributed by atoms with Crippen molar-refractivity contribution in [3.05, 3.63) is 41.5 Å². The maximum absolute atomic E-state index is 11.5. The third-order valence-electron chi connectivity index (χ3n) is 3.00. The van der Waals surface area contributed by atoms with Gasteiger partial charge in [-0.05, 0) is 25.0 Å². The lowest BCUT2D eigenvalue weighted by Crippen LogP contribution is -1.92. The Morgan fingerprint density at radius 2 is 1.88 bits per heavy atom. The maximum Gasteiger partial charge on any atom is 0.344 e. The molecule has 0 atom stereocenters. The topological polar surface area (TPSA) is 26.3 Å². The van der Waals surface area contributed by atoms with E-state index in [4.69, 9.17) is 4.74 Å². The van der Waals surface area contributed by atoms with E-state index in [0.29, 0.717) is 5.56 Å². The number of hydrogen-bond acceptors (Lipinski definition) is 2. The summed E-state index contributed by atoms with van der Waals surface area (Å²) in [5.74, 6) is 0.516. The van der Waals surface area contributed by atoms with Gasteiger partial charge in [0.1, 0.15) is 5.76 Å². The summed E-state index contributed by atoms with van der Waals surface area (Å²) in [4.78, 5) is 11.5. The number of benzene rings is 1. The fraction of sp³-hybridized carbons (Fsp3) is 0.400. The van der Waals surface area contributed by atoms with E-state index in [1.54, 1.807) is 0 Å². The smallest absolute Gasteiger partial charge is 0.344 e. The lowest BCUT2D eigenvalue weighted by molar-refractivity contribution is 0.0715. The van der Waals surface area contributed by atoms with Crippen LogP contribution in [0, 0.1) is 0 Å². The van der Waals surface area contributed by atoms with Crippen LogP contribution < -0.4 is 0 Å². The largest absolute Gasteiger partial charge is 0.423 e. The minimum atomic E-state index is -0.222. The van der Waals surface area contributed by atoms with Crippen LogP contribution in [0.25, 0.3) is 5.76 Å². The number of carbonyl (C=O) groups excluding carboxylic acids is 1. The third-order valence-corrected chi connectivity index (χ3v) is 3.00. The lowest BCUT2D eigenvalue weighted by atomic mass is 10.1. The third kappa shape index (κ3) is 2.76. The Labute approximate surface area is 102 Å². The first-order chi connectivity index (χ1) is 8.33. The molecule has 2 heteroatoms. The fourth-order valence-corrected chi connectivity index (χ4v) is 2.04. The number of unbranched alkanes of at least 4 members (excludes halogenated alkanes) is 4. The average Bonchev–Trinajstić information content (AvgIpc) is 2.67. The van der Waals surface area contributed by atoms with Crippen LogP contribution in [0.2, 0.25) is 0 Å². The van der Waals surface area contributed by atoms with Crippen molar-refractivity contribution in [2.75, 3.05) is 0 Å². The number of esters is 1. The SMILES string of the molecule is CCCCCC/C=C1/OC(=O)c2ccccc21. The lowest BCUT2D eigenvalue weighted by Gasteiger charge is -1.99. The Bertz CT molecular complexity index is 432. The second-order valence-corrected chi connectivity index (χ2v) is 4.35. The van der Waals surface area contributed by atoms with Crippen molar-refractivity contribution in [3.8, 4) is 0 Å². The molecular weight excluding hydrogens is 212 g/mol. The van der Waals surface area contributed by atoms with E-state index in [0.717, 1.165) is 24.2 Å². The molecular formula is C15H18O2. The van der Waals surface area contributed by atoms with Gasteiger partial charge < -0.3 is 4.74 Å². The molecule has 0 bridgehead atoms. The van der Waals surface area contributed by atoms with Gasteiger partial charge in [0.05, 0.1) is 5.56 Å². The molecule has 0 saturated carbocycles. The van der Waals surface area contributed by atoms with Gasteiger partial charge in [0.25, 0.3) is 0 Å². The number of rotatable bonds is 5. The molecule has 2 rings (SSSR count). The van der Waals surface area contributed by atoms with Crippen LogP contribution in [0.5, 0.6) is 0 Å². The van der Waals surface area contributed by atoms with E-state index in [9.17, 15) is 4.79 Å². The first kappa shape index (κ1) is 11.9. The zero-order valence-electron chi connectivity index (χ0n) is 10.2. The summed E-state index contributed by atoms with van der Waals surface area (Å²) in [7, 11) is 0. The molecule has 0 saturated heterocycles. The average molecular weight is 230 g/mol. The standard InChI is InChI=1S/C15H18O2/c1-2-3-4-5-6-11-14-12-9-7-8-10-13(12)15(16)17-14/h7-11H,2-6H2,1H3/b14-11+. The van der Waals surface area contributed by atoms with E-state index in [1.165, 1.54) is 19.3 Å². The molecule has 90 valence electrons. The van der Waals surface area contributed by atoms with E-state index in [2.05, 4.69) is 6.92 Å². The van der Waals surface area contributed by atoms with E-state index in [-0.39, 0.29) is 5.97 Å². The highest BCUT2D eigenvalue weighted by atomic mass is 16.5. The molecule has 1 aromatic carbocycles. The Hall–Kier alpha value is -1.57. The normalized spacial score (nSPS) is 16.1. The predicted molar refractivity (Wildman–Crippen MR) is 68.6 cm³/mol. The van der Waals surface area contributed by atoms with Crippen molar-refractivity contribution >= 4 is 11.7 Å². The second kappa shape index (κ2) is 5.67. The monoisotopic (exact) mass is 230 g/mol. The van der Waals surface area contributed by atoms with Crippen LogP contribution in [0.4, 0.5) is 0 Å². The van der Waals surface area contributed by atoms with Gasteiger partial charge >= 0.3 is 5.97 Å². The molecule has 0 aliphatic carbocycles. The van der Waals surface area contributed by atoms with Gasteiger partial charge in [0.15, 0.2) is 0 Å². The van der Waals surface area contributed by atoms with Gasteiger partial charge in [-0.15, -0.1) is 0 Å². The van der Waals surface area contributed by atoms with Crippen LogP contribution in [0.3, 0.4) is 0 Å². The van der Waals surface area contributed by atoms with Gasteiger partial charge in [-0.1, -0.05) is 44.4 Å². The number of fused-ring (bicyclic) bond motifs is 1. The van der Waals surface area contributed by atoms with Crippen molar-refractivity contribution in [3.63, 3.8) is 0 Å². The first-order valence-electron chi connectivity index (χ1n) is 6.34. The van der Waals surface area contributed by atoms with Crippen LogP contribution in [-0.2, 0) is 4.74 Å². The molecule has 0 N–H and O–H groups in total. The molecule has 0 radical (unpaired) electrons. The van der Waals surface area contributed by atoms with Gasteiger partial charge in [0, 0.05) is 5.56 Å². The van der Waals surface area contributed by atoms with Gasteiger partial charge in [0.2, 0.25) is 0 Å². The quantitative estimate of drug-likeness (QED) is 0.560. The molecule has 1 aliphatic rings. The number of cyclic esters (lactones) is 1. The van der Waals surface area contributed by atoms with Crippen molar-refractivity contribution in [2.24, 2.45) is 0 Å². The Morgan fingerprint density at radius 1 is 1.12 bits per heavy atom. The minimum Gasteiger partial charge on any atom is -0.423 e. The highest BCUT2D eigenvalue weighted by Gasteiger charge is 2.24. The summed E-state index contributed by atoms with van der Waals surface area (Å²) in [5, 5.41) is 0. The summed E-state index contributed by atoms with van der Waals surface area (Å²) < 4.78 is 5.26. The zero-order valence-corrected chi connectivity index (χ0v) is 10.2. The number of hydrogen-bond donors (Lipinski definition) is 0. The number of carbonyl (C=O) groups is 1. The molecule has 0 spiro atoms. The molecule has 2 nitrogen and oxygen atoms in total. The first-order valence-corrected chi connectivity index (χ1v) is 6.34. The van der Waals surface area contributed by atoms with Crippen LogP contribution in [-0.4, -0.2) is 5.97 Å². The van der Waals surface area contributed by atoms with Crippen molar-refractivity contribution in [2.45, 2.75) is 39.0 Å². The maximum atomic E-state index is 11.5. The predicted octanol–water partition coefficient (Wildman–Crippen LogP) is 4.17. The van der Waals surface area contributed by atoms with Gasteiger partial charge in [-0.2, -0.15) is 0 Å². The molecule has 0 unspecified atom stereocenters. The number of ether oxygens (including phenoxy) is 1. The molecule has 0 aromatic heterocycles. The van der Waals surface area contributed by atoms with Crippen molar-refractivity contribution in [1.29, 1.82) is 0 Å². The summed E-state index contributed by atoms with van der Waals surface area (Å²) >= 11 is 0. The fourth-order valence-electron chi connectivity index (χ4n) is 2.04. The van der Waals surface area contributed by atoms with Crippen LogP contribution in [0.1, 0.15) is 54.9 Å². The highest BCUT2D eigenvalue weighted by molar-refractivity contribution is 6.02. The van der Waals surface area contributed by atoms with Crippen molar-refractivity contribution < 1.29 is 9.53 Å². The van der Waals surface area contributed by atoms with E-state index >= 15 is 0 Å². The number of allylic oxidation sites excluding steroid dienone is 1. The Balaban J connectivity index is 1.99. The molecule has 1 aliphatic heterocycles. The van der Waals surface area contributed by atoms with Crippen molar-refractivity contribution in [1.82, 2.24) is 0 Å². The Morgan fingerprint density at radius 3 is 2.65 bits per heavy atom. The van der Waals surface area contributed by atoms with Crippen LogP contribution in [0.15, 0.2) is 30.3 Å². The molecule has 0 fully saturated rings. The summed E-state index contributed by atoms with van der Waals surface area (Å²) in [5.41, 5.74) is 1.63. The molecule has 1 aromatic rings. The van der Waals surface area contributed by atoms with Gasteiger partial charge in [-0.3, -0.25) is 0 Å². The van der Waals surface area contributed by atoms with E-state index < -0.39 is 0 Å². The van der Waals surface area contributed by atoms with Gasteiger partial charge in [-0.25, -0.2) is 4.79 Å². The zero-order chi connectivity index (χ0) is 12.1. The minimum absolute atomic E-state index is 0.222. The molecule has 17 heavy (non-hydrogen) atoms. The summed E-state index contributed by atoms with van der Waals surface area (Å²) in [6.45, 7) is 2.20. The van der Waals surface area contributed by atoms with Crippen LogP contribution >= 0.6 is 0 Å².